The quantitative estimate of drug-likeness (QED) is 0.250. The minimum Gasteiger partial charge on any atom is -0.479 e. The number of carboxylic acid groups (broad SMARTS) is 1. The van der Waals surface area contributed by atoms with Crippen LogP contribution in [-0.4, -0.2) is 29.8 Å². The van der Waals surface area contributed by atoms with Crippen LogP contribution >= 0.6 is 0 Å². The van der Waals surface area contributed by atoms with Gasteiger partial charge in [0.05, 0.1) is 0 Å². The van der Waals surface area contributed by atoms with Crippen LogP contribution in [0, 0.1) is 0 Å². The van der Waals surface area contributed by atoms with Crippen LogP contribution in [0.1, 0.15) is 93.2 Å². The van der Waals surface area contributed by atoms with Crippen LogP contribution in [0.3, 0.4) is 0 Å². The second-order valence-electron chi connectivity index (χ2n) is 9.94. The monoisotopic (exact) mass is 587 g/mol. The molecule has 2 aromatic carbocycles. The summed E-state index contributed by atoms with van der Waals surface area (Å²) in [6, 6.07) is 12.2. The number of benzene rings is 2. The molecule has 0 fully saturated rings. The van der Waals surface area contributed by atoms with Crippen LogP contribution in [0.2, 0.25) is 0 Å². The normalized spacial score (nSPS) is 12.6. The minimum atomic E-state index is -3.26. The lowest BCUT2D eigenvalue weighted by atomic mass is 9.99. The van der Waals surface area contributed by atoms with E-state index in [2.05, 4.69) is 43.1 Å². The molecule has 2 aromatic rings. The van der Waals surface area contributed by atoms with E-state index in [1.807, 2.05) is 60.6 Å². The Balaban J connectivity index is 0.00000118. The van der Waals surface area contributed by atoms with Crippen molar-refractivity contribution < 1.29 is 28.2 Å². The number of anilines is 1. The SMILES string of the molecule is CC.CCN(Cc1cccc(OC(C)C(=O)O)c1)c1cc(OC(C)(F)F)ccc1C(C)C.C\C=C(C)/C=C\C(C)=C/C. The van der Waals surface area contributed by atoms with Crippen molar-refractivity contribution in [2.45, 2.75) is 101 Å². The van der Waals surface area contributed by atoms with Crippen LogP contribution in [0.5, 0.6) is 11.5 Å². The Morgan fingerprint density at radius 2 is 1.55 bits per heavy atom. The van der Waals surface area contributed by atoms with E-state index in [9.17, 15) is 13.6 Å². The van der Waals surface area contributed by atoms with Crippen molar-refractivity contribution in [3.8, 4) is 11.5 Å². The Morgan fingerprint density at radius 1 is 0.976 bits per heavy atom. The summed E-state index contributed by atoms with van der Waals surface area (Å²) in [5.41, 5.74) is 5.37. The average molecular weight is 588 g/mol. The van der Waals surface area contributed by atoms with Crippen LogP contribution in [0.4, 0.5) is 14.5 Å². The number of nitrogens with zero attached hydrogens (tertiary/aromatic N) is 1. The van der Waals surface area contributed by atoms with Crippen LogP contribution < -0.4 is 14.4 Å². The van der Waals surface area contributed by atoms with Gasteiger partial charge in [0.2, 0.25) is 0 Å². The standard InChI is InChI=1S/C23H29F2NO4.C10H16.C2H6/c1-6-26(14-17-8-7-9-18(12-17)29-16(4)22(27)28)21-13-19(30-23(5,24)25)10-11-20(21)15(2)3;1-5-9(3)7-8-10(4)6-2;1-2/h7-13,15-16H,6,14H2,1-5H3,(H,27,28);5-8H,1-4H3;1-2H3/b;8-7-,9-5-,10-6-;. The summed E-state index contributed by atoms with van der Waals surface area (Å²) < 4.78 is 36.9. The van der Waals surface area contributed by atoms with Crippen LogP contribution in [0.15, 0.2) is 77.9 Å². The number of hydrogen-bond donors (Lipinski definition) is 1. The predicted molar refractivity (Wildman–Crippen MR) is 172 cm³/mol. The van der Waals surface area contributed by atoms with E-state index < -0.39 is 18.2 Å². The van der Waals surface area contributed by atoms with Crippen LogP contribution in [0.25, 0.3) is 0 Å². The van der Waals surface area contributed by atoms with Gasteiger partial charge in [-0.25, -0.2) is 4.79 Å². The summed E-state index contributed by atoms with van der Waals surface area (Å²) in [5, 5.41) is 9.04. The highest BCUT2D eigenvalue weighted by Crippen LogP contribution is 2.34. The summed E-state index contributed by atoms with van der Waals surface area (Å²) in [6.45, 7) is 21.7. The smallest absolute Gasteiger partial charge is 0.394 e. The van der Waals surface area contributed by atoms with E-state index in [4.69, 9.17) is 14.6 Å². The van der Waals surface area contributed by atoms with Crippen molar-refractivity contribution in [1.82, 2.24) is 0 Å². The van der Waals surface area contributed by atoms with Gasteiger partial charge in [-0.3, -0.25) is 0 Å². The lowest BCUT2D eigenvalue weighted by molar-refractivity contribution is -0.159. The molecule has 0 bridgehead atoms. The molecule has 0 spiro atoms. The first-order valence-corrected chi connectivity index (χ1v) is 14.6. The molecule has 1 atom stereocenters. The Hall–Kier alpha value is -3.61. The summed E-state index contributed by atoms with van der Waals surface area (Å²) in [5.74, 6) is -0.281. The summed E-state index contributed by atoms with van der Waals surface area (Å²) >= 11 is 0. The fraction of sp³-hybridized carbons (Fsp3) is 0.457. The van der Waals surface area contributed by atoms with Gasteiger partial charge in [0, 0.05) is 31.8 Å². The third kappa shape index (κ3) is 14.9. The molecule has 234 valence electrons. The molecule has 0 heterocycles. The van der Waals surface area contributed by atoms with Crippen molar-refractivity contribution in [3.05, 3.63) is 89.0 Å². The molecule has 0 saturated carbocycles. The molecule has 0 radical (unpaired) electrons. The van der Waals surface area contributed by atoms with Gasteiger partial charge in [0.1, 0.15) is 11.5 Å². The topological polar surface area (TPSA) is 59.0 Å². The number of aliphatic carboxylic acids is 1. The molecule has 2 rings (SSSR count). The van der Waals surface area contributed by atoms with E-state index in [1.165, 1.54) is 18.1 Å². The van der Waals surface area contributed by atoms with E-state index in [-0.39, 0.29) is 11.7 Å². The fourth-order valence-electron chi connectivity index (χ4n) is 3.57. The third-order valence-corrected chi connectivity index (χ3v) is 6.10. The first kappa shape index (κ1) is 38.4. The fourth-order valence-corrected chi connectivity index (χ4v) is 3.57. The summed E-state index contributed by atoms with van der Waals surface area (Å²) in [6.07, 6.45) is 4.21. The molecular weight excluding hydrogens is 536 g/mol. The Morgan fingerprint density at radius 3 is 2.00 bits per heavy atom. The predicted octanol–water partition coefficient (Wildman–Crippen LogP) is 10.2. The van der Waals surface area contributed by atoms with Crippen LogP contribution in [-0.2, 0) is 11.3 Å². The lowest BCUT2D eigenvalue weighted by Gasteiger charge is -2.28. The molecular formula is C35H51F2NO4. The van der Waals surface area contributed by atoms with Crippen molar-refractivity contribution in [2.75, 3.05) is 11.4 Å². The second-order valence-corrected chi connectivity index (χ2v) is 9.94. The molecule has 0 aliphatic carbocycles. The first-order valence-electron chi connectivity index (χ1n) is 14.6. The Kier molecular flexibility index (Phi) is 17.8. The molecule has 0 aliphatic heterocycles. The minimum absolute atomic E-state index is 0.104. The molecule has 7 heteroatoms. The van der Waals surface area contributed by atoms with Gasteiger partial charge >= 0.3 is 12.1 Å². The molecule has 0 saturated heterocycles. The van der Waals surface area contributed by atoms with E-state index in [0.29, 0.717) is 25.8 Å². The zero-order valence-electron chi connectivity index (χ0n) is 27.3. The number of ether oxygens (including phenoxy) is 2. The van der Waals surface area contributed by atoms with Gasteiger partial charge in [-0.1, -0.05) is 81.3 Å². The second kappa shape index (κ2) is 19.5. The van der Waals surface area contributed by atoms with Gasteiger partial charge in [-0.15, -0.1) is 0 Å². The average Bonchev–Trinajstić information content (AvgIpc) is 2.94. The third-order valence-electron chi connectivity index (χ3n) is 6.10. The molecule has 0 aromatic heterocycles. The van der Waals surface area contributed by atoms with Crippen molar-refractivity contribution in [2.24, 2.45) is 0 Å². The number of hydrogen-bond acceptors (Lipinski definition) is 4. The van der Waals surface area contributed by atoms with Gasteiger partial charge in [-0.2, -0.15) is 8.78 Å². The van der Waals surface area contributed by atoms with Crippen molar-refractivity contribution >= 4 is 11.7 Å². The zero-order chi connectivity index (χ0) is 32.5. The zero-order valence-corrected chi connectivity index (χ0v) is 27.3. The van der Waals surface area contributed by atoms with Crippen molar-refractivity contribution in [1.29, 1.82) is 0 Å². The first-order chi connectivity index (χ1) is 19.7. The number of carboxylic acids is 1. The lowest BCUT2D eigenvalue weighted by Crippen LogP contribution is -2.25. The highest BCUT2D eigenvalue weighted by atomic mass is 19.3. The van der Waals surface area contributed by atoms with Gasteiger partial charge in [-0.05, 0) is 76.8 Å². The highest BCUT2D eigenvalue weighted by Gasteiger charge is 2.24. The Bertz CT molecular complexity index is 1160. The summed E-state index contributed by atoms with van der Waals surface area (Å²) in [7, 11) is 0. The van der Waals surface area contributed by atoms with E-state index >= 15 is 0 Å². The number of rotatable bonds is 12. The van der Waals surface area contributed by atoms with Crippen molar-refractivity contribution in [3.63, 3.8) is 0 Å². The number of alkyl halides is 2. The molecule has 1 N–H and O–H groups in total. The largest absolute Gasteiger partial charge is 0.479 e. The van der Waals surface area contributed by atoms with E-state index in [0.717, 1.165) is 16.8 Å². The molecule has 0 aliphatic rings. The van der Waals surface area contributed by atoms with Gasteiger partial charge < -0.3 is 19.5 Å². The molecule has 1 unspecified atom stereocenters. The maximum absolute atomic E-state index is 13.3. The van der Waals surface area contributed by atoms with Gasteiger partial charge in [0.25, 0.3) is 0 Å². The maximum Gasteiger partial charge on any atom is 0.394 e. The number of halogens is 2. The van der Waals surface area contributed by atoms with Gasteiger partial charge in [0.15, 0.2) is 6.10 Å². The molecule has 42 heavy (non-hydrogen) atoms. The molecule has 0 amide bonds. The highest BCUT2D eigenvalue weighted by molar-refractivity contribution is 5.72. The maximum atomic E-state index is 13.3. The number of carbonyl (C=O) groups is 1. The van der Waals surface area contributed by atoms with E-state index in [1.54, 1.807) is 30.3 Å². The number of allylic oxidation sites excluding steroid dienone is 6. The Labute approximate surface area is 252 Å². The molecule has 5 nitrogen and oxygen atoms in total. The summed E-state index contributed by atoms with van der Waals surface area (Å²) in [4.78, 5) is 13.1.